The Morgan fingerprint density at radius 1 is 0.446 bits per heavy atom. The molecule has 0 unspecified atom stereocenters. The first kappa shape index (κ1) is 42.2. The molecule has 0 saturated carbocycles. The summed E-state index contributed by atoms with van der Waals surface area (Å²) in [6.45, 7) is 0. The first-order chi connectivity index (χ1) is 31.2. The predicted octanol–water partition coefficient (Wildman–Crippen LogP) is 13.2. The van der Waals surface area contributed by atoms with Crippen LogP contribution in [0.2, 0.25) is 0 Å². The molecule has 322 valence electrons. The van der Waals surface area contributed by atoms with E-state index in [0.717, 1.165) is 27.9 Å². The number of ether oxygens (including phenoxy) is 1. The van der Waals surface area contributed by atoms with Crippen LogP contribution in [0.1, 0.15) is 0 Å². The van der Waals surface area contributed by atoms with Crippen molar-refractivity contribution >= 4 is 109 Å². The number of hydrogen-bond donors (Lipinski definition) is 5. The Morgan fingerprint density at radius 3 is 1.52 bits per heavy atom. The highest BCUT2D eigenvalue weighted by Crippen LogP contribution is 2.42. The standard InChI is InChI=1S/C47H33N7O9S2/c1-63-32-10-6-29(7-11-32)48-30-8-15-36-28(23-30)5-18-45(47(36)56)54-53-44-22-20-42(38-17-13-34(26-40(38)44)65(60,61)62)51-52-43-21-19-41(37-16-12-33(25-39(37)43)64(57,58)59)50-49-31-9-14-35-27(24-31)3-2-4-46(35)55/h2-26,48,55-56H,1H3,(H,57,58,59)(H,60,61,62). The molecular formula is C47H33N7O9S2. The lowest BCUT2D eigenvalue weighted by Crippen LogP contribution is -1.97. The molecule has 0 radical (unpaired) electrons. The maximum atomic E-state index is 12.3. The van der Waals surface area contributed by atoms with Crippen molar-refractivity contribution in [3.63, 3.8) is 0 Å². The molecule has 0 fully saturated rings. The summed E-state index contributed by atoms with van der Waals surface area (Å²) in [6.07, 6.45) is 0. The molecule has 9 rings (SSSR count). The zero-order chi connectivity index (χ0) is 45.5. The van der Waals surface area contributed by atoms with Crippen molar-refractivity contribution in [1.29, 1.82) is 0 Å². The summed E-state index contributed by atoms with van der Waals surface area (Å²) in [5, 5.41) is 54.9. The van der Waals surface area contributed by atoms with Crippen LogP contribution in [0.15, 0.2) is 192 Å². The van der Waals surface area contributed by atoms with E-state index in [4.69, 9.17) is 4.74 Å². The van der Waals surface area contributed by atoms with Crippen LogP contribution in [-0.2, 0) is 20.2 Å². The van der Waals surface area contributed by atoms with Gasteiger partial charge < -0.3 is 20.3 Å². The highest BCUT2D eigenvalue weighted by Gasteiger charge is 2.17. The van der Waals surface area contributed by atoms with Crippen molar-refractivity contribution < 1.29 is 40.9 Å². The third kappa shape index (κ3) is 8.77. The molecule has 0 spiro atoms. The number of nitrogens with one attached hydrogen (secondary N) is 1. The molecule has 9 aromatic rings. The number of fused-ring (bicyclic) bond motifs is 4. The van der Waals surface area contributed by atoms with Crippen molar-refractivity contribution in [2.45, 2.75) is 9.79 Å². The smallest absolute Gasteiger partial charge is 0.294 e. The van der Waals surface area contributed by atoms with Gasteiger partial charge in [-0.1, -0.05) is 30.3 Å². The van der Waals surface area contributed by atoms with E-state index in [1.54, 1.807) is 73.8 Å². The van der Waals surface area contributed by atoms with Gasteiger partial charge in [0.05, 0.1) is 45.3 Å². The first-order valence-corrected chi connectivity index (χ1v) is 22.3. The van der Waals surface area contributed by atoms with Crippen LogP contribution in [0.5, 0.6) is 17.2 Å². The molecule has 0 aliphatic carbocycles. The largest absolute Gasteiger partial charge is 0.507 e. The highest BCUT2D eigenvalue weighted by molar-refractivity contribution is 7.86. The molecule has 18 heteroatoms. The monoisotopic (exact) mass is 903 g/mol. The number of aromatic hydroxyl groups is 2. The minimum absolute atomic E-state index is 0.127. The van der Waals surface area contributed by atoms with E-state index in [1.807, 2.05) is 42.5 Å². The molecule has 0 bridgehead atoms. The van der Waals surface area contributed by atoms with Crippen LogP contribution in [0.3, 0.4) is 0 Å². The van der Waals surface area contributed by atoms with Gasteiger partial charge in [0.15, 0.2) is 5.75 Å². The minimum atomic E-state index is -4.66. The minimum Gasteiger partial charge on any atom is -0.507 e. The Hall–Kier alpha value is -8.16. The normalized spacial score (nSPS) is 12.4. The number of benzene rings is 9. The topological polar surface area (TPSA) is 245 Å². The fourth-order valence-corrected chi connectivity index (χ4v) is 8.22. The summed E-state index contributed by atoms with van der Waals surface area (Å²) in [4.78, 5) is -0.815. The maximum Gasteiger partial charge on any atom is 0.294 e. The van der Waals surface area contributed by atoms with Crippen LogP contribution in [-0.4, -0.2) is 43.3 Å². The first-order valence-electron chi connectivity index (χ1n) is 19.4. The Kier molecular flexibility index (Phi) is 10.9. The third-order valence-electron chi connectivity index (χ3n) is 10.5. The van der Waals surface area contributed by atoms with Gasteiger partial charge in [-0.3, -0.25) is 9.11 Å². The number of phenols is 2. The quantitative estimate of drug-likeness (QED) is 0.0607. The summed E-state index contributed by atoms with van der Waals surface area (Å²) in [6, 6.07) is 40.5. The lowest BCUT2D eigenvalue weighted by Gasteiger charge is -2.10. The second-order valence-corrected chi connectivity index (χ2v) is 17.4. The lowest BCUT2D eigenvalue weighted by molar-refractivity contribution is 0.415. The predicted molar refractivity (Wildman–Crippen MR) is 248 cm³/mol. The lowest BCUT2D eigenvalue weighted by atomic mass is 10.1. The summed E-state index contributed by atoms with van der Waals surface area (Å²) in [5.41, 5.74) is 3.19. The van der Waals surface area contributed by atoms with Crippen LogP contribution >= 0.6 is 0 Å². The molecule has 0 amide bonds. The molecule has 0 saturated heterocycles. The SMILES string of the molecule is COc1ccc(Nc2ccc3c(O)c(N=Nc4ccc(N=Nc5ccc(N=Nc6ccc7c(O)cccc7c6)c6ccc(S(=O)(=O)O)cc56)c5ccc(S(=O)(=O)O)cc45)ccc3c2)cc1. The Bertz CT molecular complexity index is 3710. The van der Waals surface area contributed by atoms with Crippen LogP contribution in [0.4, 0.5) is 45.5 Å². The molecule has 0 heterocycles. The van der Waals surface area contributed by atoms with Gasteiger partial charge in [-0.15, -0.1) is 25.6 Å². The van der Waals surface area contributed by atoms with E-state index >= 15 is 0 Å². The average Bonchev–Trinajstić information content (AvgIpc) is 3.29. The van der Waals surface area contributed by atoms with Crippen LogP contribution in [0, 0.1) is 0 Å². The molecule has 5 N–H and O–H groups in total. The number of methoxy groups -OCH3 is 1. The zero-order valence-electron chi connectivity index (χ0n) is 33.8. The molecule has 0 aliphatic heterocycles. The molecule has 0 aliphatic rings. The number of azo groups is 3. The number of phenolic OH excluding ortho intramolecular Hbond substituents is 2. The third-order valence-corrected chi connectivity index (χ3v) is 12.2. The van der Waals surface area contributed by atoms with E-state index in [1.165, 1.54) is 42.5 Å². The molecule has 65 heavy (non-hydrogen) atoms. The van der Waals surface area contributed by atoms with E-state index < -0.39 is 30.0 Å². The molecule has 9 aromatic carbocycles. The fraction of sp³-hybridized carbons (Fsp3) is 0.0213. The van der Waals surface area contributed by atoms with E-state index in [-0.39, 0.29) is 45.0 Å². The summed E-state index contributed by atoms with van der Waals surface area (Å²) >= 11 is 0. The number of rotatable bonds is 11. The van der Waals surface area contributed by atoms with Gasteiger partial charge in [0, 0.05) is 43.7 Å². The van der Waals surface area contributed by atoms with Crippen LogP contribution < -0.4 is 10.1 Å². The summed E-state index contributed by atoms with van der Waals surface area (Å²) in [5.74, 6) is 0.717. The maximum absolute atomic E-state index is 12.3. The van der Waals surface area contributed by atoms with Crippen molar-refractivity contribution in [2.24, 2.45) is 30.7 Å². The van der Waals surface area contributed by atoms with Gasteiger partial charge in [0.2, 0.25) is 0 Å². The molecule has 0 aromatic heterocycles. The highest BCUT2D eigenvalue weighted by atomic mass is 32.2. The van der Waals surface area contributed by atoms with Gasteiger partial charge in [-0.05, 0) is 132 Å². The van der Waals surface area contributed by atoms with E-state index in [2.05, 4.69) is 36.0 Å². The van der Waals surface area contributed by atoms with Crippen molar-refractivity contribution in [2.75, 3.05) is 12.4 Å². The Morgan fingerprint density at radius 2 is 0.938 bits per heavy atom. The average molecular weight is 904 g/mol. The molecule has 0 atom stereocenters. The van der Waals surface area contributed by atoms with Gasteiger partial charge >= 0.3 is 0 Å². The number of nitrogens with zero attached hydrogens (tertiary/aromatic N) is 6. The summed E-state index contributed by atoms with van der Waals surface area (Å²) in [7, 11) is -7.69. The second-order valence-electron chi connectivity index (χ2n) is 14.6. The molecule has 16 nitrogen and oxygen atoms in total. The van der Waals surface area contributed by atoms with Gasteiger partial charge in [-0.2, -0.15) is 21.9 Å². The zero-order valence-corrected chi connectivity index (χ0v) is 35.4. The van der Waals surface area contributed by atoms with Gasteiger partial charge in [0.25, 0.3) is 20.2 Å². The molecular weight excluding hydrogens is 871 g/mol. The van der Waals surface area contributed by atoms with E-state index in [9.17, 15) is 36.2 Å². The Balaban J connectivity index is 1.06. The van der Waals surface area contributed by atoms with Gasteiger partial charge in [-0.25, -0.2) is 0 Å². The number of anilines is 2. The van der Waals surface area contributed by atoms with Crippen LogP contribution in [0.25, 0.3) is 43.1 Å². The van der Waals surface area contributed by atoms with Gasteiger partial charge in [0.1, 0.15) is 17.2 Å². The summed E-state index contributed by atoms with van der Waals surface area (Å²) < 4.78 is 74.0. The Labute approximate surface area is 370 Å². The van der Waals surface area contributed by atoms with Crippen molar-refractivity contribution in [3.05, 3.63) is 152 Å². The number of hydrogen-bond acceptors (Lipinski definition) is 14. The van der Waals surface area contributed by atoms with E-state index in [0.29, 0.717) is 32.9 Å². The second kappa shape index (κ2) is 16.8. The van der Waals surface area contributed by atoms with Crippen molar-refractivity contribution in [3.8, 4) is 17.2 Å². The van der Waals surface area contributed by atoms with Crippen molar-refractivity contribution in [1.82, 2.24) is 0 Å². The fourth-order valence-electron chi connectivity index (χ4n) is 7.21.